The maximum atomic E-state index is 12.2. The average molecular weight is 372 g/mol. The molecule has 26 heavy (non-hydrogen) atoms. The lowest BCUT2D eigenvalue weighted by Gasteiger charge is -2.12. The molecule has 0 saturated heterocycles. The van der Waals surface area contributed by atoms with Crippen molar-refractivity contribution in [2.75, 3.05) is 18.2 Å². The van der Waals surface area contributed by atoms with Crippen LogP contribution < -0.4 is 15.4 Å². The minimum atomic E-state index is -0.308. The maximum absolute atomic E-state index is 12.2. The van der Waals surface area contributed by atoms with Gasteiger partial charge in [0.2, 0.25) is 11.8 Å². The van der Waals surface area contributed by atoms with Gasteiger partial charge in [0, 0.05) is 12.2 Å². The molecule has 1 atom stereocenters. The van der Waals surface area contributed by atoms with Crippen molar-refractivity contribution in [1.29, 1.82) is 0 Å². The summed E-state index contributed by atoms with van der Waals surface area (Å²) in [6, 6.07) is 15.1. The number of aryl methyl sites for hydroxylation is 1. The SMILES string of the molecule is COc1ccc(CNC(=O)[C@H](C)SCC(=O)Nc2ccc(C)cc2)cc1. The molecule has 0 spiro atoms. The highest BCUT2D eigenvalue weighted by Crippen LogP contribution is 2.14. The number of thioether (sulfide) groups is 1. The normalized spacial score (nSPS) is 11.5. The monoisotopic (exact) mass is 372 g/mol. The van der Waals surface area contributed by atoms with Gasteiger partial charge in [-0.05, 0) is 43.7 Å². The standard InChI is InChI=1S/C20H24N2O3S/c1-14-4-8-17(9-5-14)22-19(23)13-26-15(2)20(24)21-12-16-6-10-18(25-3)11-7-16/h4-11,15H,12-13H2,1-3H3,(H,21,24)(H,22,23)/t15-/m0/s1. The minimum Gasteiger partial charge on any atom is -0.497 e. The molecule has 0 radical (unpaired) electrons. The molecule has 0 heterocycles. The van der Waals surface area contributed by atoms with Gasteiger partial charge >= 0.3 is 0 Å². The van der Waals surface area contributed by atoms with Crippen LogP contribution in [0.5, 0.6) is 5.75 Å². The zero-order valence-corrected chi connectivity index (χ0v) is 16.1. The number of benzene rings is 2. The lowest BCUT2D eigenvalue weighted by Crippen LogP contribution is -2.31. The quantitative estimate of drug-likeness (QED) is 0.745. The van der Waals surface area contributed by atoms with E-state index in [-0.39, 0.29) is 22.8 Å². The number of ether oxygens (including phenoxy) is 1. The van der Waals surface area contributed by atoms with Crippen LogP contribution in [-0.4, -0.2) is 29.9 Å². The van der Waals surface area contributed by atoms with Gasteiger partial charge in [0.1, 0.15) is 5.75 Å². The zero-order valence-electron chi connectivity index (χ0n) is 15.2. The Balaban J connectivity index is 1.72. The fourth-order valence-corrected chi connectivity index (χ4v) is 2.89. The minimum absolute atomic E-state index is 0.0889. The molecule has 2 aromatic rings. The number of carbonyl (C=O) groups is 2. The number of rotatable bonds is 8. The first-order valence-corrected chi connectivity index (χ1v) is 9.41. The summed E-state index contributed by atoms with van der Waals surface area (Å²) in [4.78, 5) is 24.1. The van der Waals surface area contributed by atoms with E-state index in [0.29, 0.717) is 6.54 Å². The zero-order chi connectivity index (χ0) is 18.9. The Kier molecular flexibility index (Phi) is 7.53. The summed E-state index contributed by atoms with van der Waals surface area (Å²) in [7, 11) is 1.62. The van der Waals surface area contributed by atoms with Crippen LogP contribution in [-0.2, 0) is 16.1 Å². The summed E-state index contributed by atoms with van der Waals surface area (Å²) < 4.78 is 5.11. The molecule has 0 aliphatic carbocycles. The molecule has 2 aromatic carbocycles. The molecule has 2 rings (SSSR count). The van der Waals surface area contributed by atoms with Crippen molar-refractivity contribution in [3.05, 3.63) is 59.7 Å². The summed E-state index contributed by atoms with van der Waals surface area (Å²) in [5.74, 6) is 0.802. The van der Waals surface area contributed by atoms with E-state index in [0.717, 1.165) is 22.6 Å². The summed E-state index contributed by atoms with van der Waals surface area (Å²) in [6.45, 7) is 4.24. The van der Waals surface area contributed by atoms with Gasteiger partial charge in [0.25, 0.3) is 0 Å². The summed E-state index contributed by atoms with van der Waals surface area (Å²) in [6.07, 6.45) is 0. The molecule has 0 saturated carbocycles. The van der Waals surface area contributed by atoms with E-state index in [2.05, 4.69) is 10.6 Å². The third-order valence-electron chi connectivity index (χ3n) is 3.79. The molecule has 0 fully saturated rings. The van der Waals surface area contributed by atoms with Crippen LogP contribution in [0.2, 0.25) is 0 Å². The van der Waals surface area contributed by atoms with Gasteiger partial charge in [0.05, 0.1) is 18.1 Å². The van der Waals surface area contributed by atoms with Crippen LogP contribution in [0.3, 0.4) is 0 Å². The number of hydrogen-bond donors (Lipinski definition) is 2. The molecular formula is C20H24N2O3S. The molecule has 6 heteroatoms. The maximum Gasteiger partial charge on any atom is 0.234 e. The van der Waals surface area contributed by atoms with Crippen molar-refractivity contribution < 1.29 is 14.3 Å². The van der Waals surface area contributed by atoms with Crippen molar-refractivity contribution in [2.24, 2.45) is 0 Å². The molecule has 0 bridgehead atoms. The number of hydrogen-bond acceptors (Lipinski definition) is 4. The van der Waals surface area contributed by atoms with E-state index < -0.39 is 0 Å². The Hall–Kier alpha value is -2.47. The molecule has 0 unspecified atom stereocenters. The summed E-state index contributed by atoms with van der Waals surface area (Å²) in [5.41, 5.74) is 2.89. The second-order valence-electron chi connectivity index (χ2n) is 5.93. The molecule has 0 aliphatic heterocycles. The van der Waals surface area contributed by atoms with Gasteiger partial charge in [-0.2, -0.15) is 0 Å². The van der Waals surface area contributed by atoms with E-state index in [4.69, 9.17) is 4.74 Å². The predicted molar refractivity (Wildman–Crippen MR) is 107 cm³/mol. The Morgan fingerprint density at radius 1 is 1.08 bits per heavy atom. The molecule has 138 valence electrons. The third kappa shape index (κ3) is 6.44. The van der Waals surface area contributed by atoms with Crippen LogP contribution in [0.4, 0.5) is 5.69 Å². The number of methoxy groups -OCH3 is 1. The number of amides is 2. The predicted octanol–water partition coefficient (Wildman–Crippen LogP) is 3.38. The van der Waals surface area contributed by atoms with E-state index >= 15 is 0 Å². The van der Waals surface area contributed by atoms with Crippen molar-refractivity contribution >= 4 is 29.3 Å². The topological polar surface area (TPSA) is 67.4 Å². The van der Waals surface area contributed by atoms with Crippen molar-refractivity contribution in [3.63, 3.8) is 0 Å². The van der Waals surface area contributed by atoms with Crippen molar-refractivity contribution in [1.82, 2.24) is 5.32 Å². The lowest BCUT2D eigenvalue weighted by atomic mass is 10.2. The third-order valence-corrected chi connectivity index (χ3v) is 4.94. The van der Waals surface area contributed by atoms with Gasteiger partial charge in [-0.15, -0.1) is 11.8 Å². The van der Waals surface area contributed by atoms with Crippen LogP contribution in [0, 0.1) is 6.92 Å². The van der Waals surface area contributed by atoms with Gasteiger partial charge in [-0.25, -0.2) is 0 Å². The number of carbonyl (C=O) groups excluding carboxylic acids is 2. The van der Waals surface area contributed by atoms with Gasteiger partial charge < -0.3 is 15.4 Å². The van der Waals surface area contributed by atoms with Gasteiger partial charge in [0.15, 0.2) is 0 Å². The largest absolute Gasteiger partial charge is 0.497 e. The fourth-order valence-electron chi connectivity index (χ4n) is 2.19. The lowest BCUT2D eigenvalue weighted by molar-refractivity contribution is -0.120. The highest BCUT2D eigenvalue weighted by molar-refractivity contribution is 8.01. The molecule has 2 amide bonds. The number of anilines is 1. The van der Waals surface area contributed by atoms with Crippen molar-refractivity contribution in [3.8, 4) is 5.75 Å². The first-order valence-electron chi connectivity index (χ1n) is 8.36. The highest BCUT2D eigenvalue weighted by atomic mass is 32.2. The van der Waals surface area contributed by atoms with E-state index in [1.165, 1.54) is 11.8 Å². The van der Waals surface area contributed by atoms with Crippen LogP contribution in [0.25, 0.3) is 0 Å². The Morgan fingerprint density at radius 2 is 1.73 bits per heavy atom. The Labute approximate surface area is 158 Å². The molecule has 0 aliphatic rings. The van der Waals surface area contributed by atoms with E-state index in [9.17, 15) is 9.59 Å². The Bertz CT molecular complexity index is 730. The highest BCUT2D eigenvalue weighted by Gasteiger charge is 2.15. The van der Waals surface area contributed by atoms with Crippen molar-refractivity contribution in [2.45, 2.75) is 25.6 Å². The van der Waals surface area contributed by atoms with Crippen LogP contribution in [0.1, 0.15) is 18.1 Å². The fraction of sp³-hybridized carbons (Fsp3) is 0.300. The van der Waals surface area contributed by atoms with Crippen LogP contribution in [0.15, 0.2) is 48.5 Å². The first kappa shape index (κ1) is 19.8. The summed E-state index contributed by atoms with van der Waals surface area (Å²) in [5, 5.41) is 5.40. The molecule has 0 aromatic heterocycles. The Morgan fingerprint density at radius 3 is 2.35 bits per heavy atom. The second-order valence-corrected chi connectivity index (χ2v) is 7.26. The number of nitrogens with one attached hydrogen (secondary N) is 2. The van der Waals surface area contributed by atoms with Gasteiger partial charge in [-0.3, -0.25) is 9.59 Å². The molecule has 5 nitrogen and oxygen atoms in total. The van der Waals surface area contributed by atoms with Gasteiger partial charge in [-0.1, -0.05) is 29.8 Å². The van der Waals surface area contributed by atoms with Crippen LogP contribution >= 0.6 is 11.8 Å². The molecular weight excluding hydrogens is 348 g/mol. The second kappa shape index (κ2) is 9.87. The molecule has 2 N–H and O–H groups in total. The average Bonchev–Trinajstić information content (AvgIpc) is 2.66. The van der Waals surface area contributed by atoms with E-state index in [1.807, 2.05) is 55.5 Å². The van der Waals surface area contributed by atoms with E-state index in [1.54, 1.807) is 14.0 Å². The summed E-state index contributed by atoms with van der Waals surface area (Å²) >= 11 is 1.31. The smallest absolute Gasteiger partial charge is 0.234 e. The first-order chi connectivity index (χ1) is 12.5.